The number of benzene rings is 1. The Morgan fingerprint density at radius 1 is 1.30 bits per heavy atom. The standard InChI is InChI=1S/C14H14BrN3OS/c1-8-7-12(13(9(2)17-8)14(16)18-19)20-11-6-4-3-5-10(11)15/h3-7,19H,1-2H3,(H2,16,18). The normalized spacial score (nSPS) is 11.7. The SMILES string of the molecule is Cc1cc(Sc2ccccc2Br)c(/C(N)=N/O)c(C)n1. The first-order valence-electron chi connectivity index (χ1n) is 5.91. The van der Waals surface area contributed by atoms with Crippen LogP contribution in [0.1, 0.15) is 17.0 Å². The van der Waals surface area contributed by atoms with Crippen molar-refractivity contribution in [3.05, 3.63) is 51.8 Å². The van der Waals surface area contributed by atoms with Gasteiger partial charge in [0.2, 0.25) is 0 Å². The van der Waals surface area contributed by atoms with Gasteiger partial charge in [0.25, 0.3) is 0 Å². The molecule has 1 aromatic heterocycles. The van der Waals surface area contributed by atoms with E-state index in [1.165, 1.54) is 0 Å². The van der Waals surface area contributed by atoms with Gasteiger partial charge in [0.05, 0.1) is 5.56 Å². The fourth-order valence-electron chi connectivity index (χ4n) is 1.88. The quantitative estimate of drug-likeness (QED) is 0.382. The average Bonchev–Trinajstić information content (AvgIpc) is 2.40. The molecule has 6 heteroatoms. The van der Waals surface area contributed by atoms with Gasteiger partial charge < -0.3 is 10.9 Å². The van der Waals surface area contributed by atoms with Gasteiger partial charge >= 0.3 is 0 Å². The van der Waals surface area contributed by atoms with Crippen molar-refractivity contribution in [3.8, 4) is 0 Å². The van der Waals surface area contributed by atoms with E-state index in [1.807, 2.05) is 44.2 Å². The van der Waals surface area contributed by atoms with Crippen LogP contribution >= 0.6 is 27.7 Å². The predicted octanol–water partition coefficient (Wildman–Crippen LogP) is 3.71. The summed E-state index contributed by atoms with van der Waals surface area (Å²) in [7, 11) is 0. The van der Waals surface area contributed by atoms with Crippen LogP contribution in [-0.2, 0) is 0 Å². The minimum Gasteiger partial charge on any atom is -0.409 e. The van der Waals surface area contributed by atoms with E-state index in [-0.39, 0.29) is 5.84 Å². The molecule has 0 amide bonds. The number of amidine groups is 1. The molecular formula is C14H14BrN3OS. The van der Waals surface area contributed by atoms with Crippen LogP contribution in [0.25, 0.3) is 0 Å². The van der Waals surface area contributed by atoms with Crippen molar-refractivity contribution in [2.75, 3.05) is 0 Å². The Morgan fingerprint density at radius 2 is 2.00 bits per heavy atom. The highest BCUT2D eigenvalue weighted by Gasteiger charge is 2.14. The molecule has 0 fully saturated rings. The van der Waals surface area contributed by atoms with Crippen LogP contribution in [-0.4, -0.2) is 16.0 Å². The second kappa shape index (κ2) is 6.28. The van der Waals surface area contributed by atoms with Crippen LogP contribution in [0.3, 0.4) is 0 Å². The fraction of sp³-hybridized carbons (Fsp3) is 0.143. The van der Waals surface area contributed by atoms with Gasteiger partial charge in [-0.3, -0.25) is 4.98 Å². The molecule has 4 nitrogen and oxygen atoms in total. The first-order valence-corrected chi connectivity index (χ1v) is 7.52. The Hall–Kier alpha value is -1.53. The third kappa shape index (κ3) is 3.13. The molecule has 20 heavy (non-hydrogen) atoms. The highest BCUT2D eigenvalue weighted by Crippen LogP contribution is 2.36. The van der Waals surface area contributed by atoms with E-state index in [1.54, 1.807) is 11.8 Å². The smallest absolute Gasteiger partial charge is 0.173 e. The molecule has 0 bridgehead atoms. The van der Waals surface area contributed by atoms with Gasteiger partial charge in [-0.2, -0.15) is 0 Å². The summed E-state index contributed by atoms with van der Waals surface area (Å²) < 4.78 is 1.00. The Balaban J connectivity index is 2.53. The van der Waals surface area contributed by atoms with Crippen molar-refractivity contribution >= 4 is 33.5 Å². The lowest BCUT2D eigenvalue weighted by atomic mass is 10.1. The van der Waals surface area contributed by atoms with Crippen LogP contribution in [0.15, 0.2) is 49.8 Å². The highest BCUT2D eigenvalue weighted by molar-refractivity contribution is 9.10. The lowest BCUT2D eigenvalue weighted by Crippen LogP contribution is -2.17. The van der Waals surface area contributed by atoms with E-state index >= 15 is 0 Å². The molecule has 0 aliphatic rings. The Bertz CT molecular complexity index is 673. The monoisotopic (exact) mass is 351 g/mol. The van der Waals surface area contributed by atoms with Gasteiger partial charge in [-0.25, -0.2) is 0 Å². The van der Waals surface area contributed by atoms with Crippen molar-refractivity contribution in [1.82, 2.24) is 4.98 Å². The second-order valence-electron chi connectivity index (χ2n) is 4.24. The van der Waals surface area contributed by atoms with E-state index in [0.717, 1.165) is 25.7 Å². The van der Waals surface area contributed by atoms with Gasteiger partial charge in [0.1, 0.15) is 0 Å². The number of hydrogen-bond donors (Lipinski definition) is 2. The second-order valence-corrected chi connectivity index (χ2v) is 6.18. The molecule has 2 aromatic rings. The summed E-state index contributed by atoms with van der Waals surface area (Å²) in [6.07, 6.45) is 0. The summed E-state index contributed by atoms with van der Waals surface area (Å²) in [5, 5.41) is 12.0. The third-order valence-corrected chi connectivity index (χ3v) is 4.78. The highest BCUT2D eigenvalue weighted by atomic mass is 79.9. The molecule has 3 N–H and O–H groups in total. The third-order valence-electron chi connectivity index (χ3n) is 2.71. The predicted molar refractivity (Wildman–Crippen MR) is 84.5 cm³/mol. The molecule has 0 saturated carbocycles. The summed E-state index contributed by atoms with van der Waals surface area (Å²) in [4.78, 5) is 6.34. The van der Waals surface area contributed by atoms with Crippen LogP contribution in [0.2, 0.25) is 0 Å². The summed E-state index contributed by atoms with van der Waals surface area (Å²) in [6, 6.07) is 9.85. The first-order chi connectivity index (χ1) is 9.52. The Kier molecular flexibility index (Phi) is 4.67. The Labute approximate surface area is 130 Å². The van der Waals surface area contributed by atoms with E-state index < -0.39 is 0 Å². The van der Waals surface area contributed by atoms with Crippen molar-refractivity contribution in [2.45, 2.75) is 23.6 Å². The fourth-order valence-corrected chi connectivity index (χ4v) is 3.54. The van der Waals surface area contributed by atoms with E-state index in [0.29, 0.717) is 5.56 Å². The molecule has 1 aromatic carbocycles. The van der Waals surface area contributed by atoms with E-state index in [9.17, 15) is 0 Å². The summed E-state index contributed by atoms with van der Waals surface area (Å²) in [6.45, 7) is 3.78. The summed E-state index contributed by atoms with van der Waals surface area (Å²) >= 11 is 5.08. The molecule has 0 atom stereocenters. The van der Waals surface area contributed by atoms with Crippen molar-refractivity contribution < 1.29 is 5.21 Å². The number of oxime groups is 1. The molecule has 0 saturated heterocycles. The number of halogens is 1. The Morgan fingerprint density at radius 3 is 2.65 bits per heavy atom. The maximum atomic E-state index is 8.94. The molecule has 104 valence electrons. The van der Waals surface area contributed by atoms with Crippen molar-refractivity contribution in [3.63, 3.8) is 0 Å². The average molecular weight is 352 g/mol. The lowest BCUT2D eigenvalue weighted by molar-refractivity contribution is 0.318. The molecule has 0 unspecified atom stereocenters. The number of hydrogen-bond acceptors (Lipinski definition) is 4. The number of rotatable bonds is 3. The van der Waals surface area contributed by atoms with Gasteiger partial charge in [-0.1, -0.05) is 29.1 Å². The van der Waals surface area contributed by atoms with Crippen LogP contribution in [0.5, 0.6) is 0 Å². The molecule has 0 aliphatic carbocycles. The zero-order valence-corrected chi connectivity index (χ0v) is 13.5. The summed E-state index contributed by atoms with van der Waals surface area (Å²) in [5.41, 5.74) is 8.08. The van der Waals surface area contributed by atoms with Gasteiger partial charge in [0, 0.05) is 25.7 Å². The lowest BCUT2D eigenvalue weighted by Gasteiger charge is -2.12. The van der Waals surface area contributed by atoms with E-state index in [4.69, 9.17) is 10.9 Å². The number of nitrogens with zero attached hydrogens (tertiary/aromatic N) is 2. The zero-order valence-electron chi connectivity index (χ0n) is 11.1. The number of nitrogens with two attached hydrogens (primary N) is 1. The van der Waals surface area contributed by atoms with E-state index in [2.05, 4.69) is 26.1 Å². The molecule has 0 radical (unpaired) electrons. The van der Waals surface area contributed by atoms with Gasteiger partial charge in [-0.15, -0.1) is 0 Å². The largest absolute Gasteiger partial charge is 0.409 e. The van der Waals surface area contributed by atoms with Crippen LogP contribution in [0.4, 0.5) is 0 Å². The minimum atomic E-state index is 0.0737. The van der Waals surface area contributed by atoms with Crippen LogP contribution in [0, 0.1) is 13.8 Å². The number of pyridine rings is 1. The number of aryl methyl sites for hydroxylation is 2. The molecule has 0 spiro atoms. The topological polar surface area (TPSA) is 71.5 Å². The van der Waals surface area contributed by atoms with Gasteiger partial charge in [0.15, 0.2) is 5.84 Å². The van der Waals surface area contributed by atoms with Crippen molar-refractivity contribution in [1.29, 1.82) is 0 Å². The zero-order chi connectivity index (χ0) is 14.7. The molecule has 2 rings (SSSR count). The minimum absolute atomic E-state index is 0.0737. The van der Waals surface area contributed by atoms with Crippen molar-refractivity contribution in [2.24, 2.45) is 10.9 Å². The molecule has 1 heterocycles. The number of aromatic nitrogens is 1. The van der Waals surface area contributed by atoms with Gasteiger partial charge in [-0.05, 0) is 48.0 Å². The first kappa shape index (κ1) is 14.9. The molecule has 0 aliphatic heterocycles. The van der Waals surface area contributed by atoms with Crippen LogP contribution < -0.4 is 5.73 Å². The maximum absolute atomic E-state index is 8.94. The maximum Gasteiger partial charge on any atom is 0.173 e. The molecular weight excluding hydrogens is 338 g/mol. The summed E-state index contributed by atoms with van der Waals surface area (Å²) in [5.74, 6) is 0.0737.